The molecule has 1 N–H and O–H groups in total. The average molecular weight is 364 g/mol. The third-order valence-corrected chi connectivity index (χ3v) is 4.54. The van der Waals surface area contributed by atoms with Crippen LogP contribution in [0.3, 0.4) is 0 Å². The van der Waals surface area contributed by atoms with Gasteiger partial charge in [0.1, 0.15) is 11.4 Å². The Balaban J connectivity index is 1.39. The van der Waals surface area contributed by atoms with Crippen LogP contribution >= 0.6 is 0 Å². The Kier molecular flexibility index (Phi) is 4.50. The monoisotopic (exact) mass is 364 g/mol. The minimum Gasteiger partial charge on any atom is -0.477 e. The molecule has 3 aromatic rings. The second-order valence-electron chi connectivity index (χ2n) is 6.44. The fourth-order valence-corrected chi connectivity index (χ4v) is 3.20. The van der Waals surface area contributed by atoms with Crippen molar-refractivity contribution in [3.05, 3.63) is 60.6 Å². The van der Waals surface area contributed by atoms with E-state index < -0.39 is 6.10 Å². The first kappa shape index (κ1) is 17.1. The van der Waals surface area contributed by atoms with Crippen molar-refractivity contribution in [2.75, 3.05) is 18.0 Å². The number of pyridine rings is 1. The maximum Gasteiger partial charge on any atom is 0.262 e. The van der Waals surface area contributed by atoms with Gasteiger partial charge in [0.2, 0.25) is 5.91 Å². The lowest BCUT2D eigenvalue weighted by atomic mass is 10.1. The maximum absolute atomic E-state index is 12.5. The van der Waals surface area contributed by atoms with E-state index in [2.05, 4.69) is 10.3 Å². The Hall–Kier alpha value is -3.35. The summed E-state index contributed by atoms with van der Waals surface area (Å²) >= 11 is 0. The van der Waals surface area contributed by atoms with Crippen molar-refractivity contribution in [1.29, 1.82) is 0 Å². The zero-order valence-electron chi connectivity index (χ0n) is 15.0. The highest BCUT2D eigenvalue weighted by molar-refractivity contribution is 5.95. The van der Waals surface area contributed by atoms with E-state index in [1.807, 2.05) is 53.2 Å². The van der Waals surface area contributed by atoms with Crippen LogP contribution in [0.15, 0.2) is 54.9 Å². The minimum absolute atomic E-state index is 0.117. The third kappa shape index (κ3) is 3.48. The van der Waals surface area contributed by atoms with E-state index in [1.54, 1.807) is 11.0 Å². The van der Waals surface area contributed by atoms with Gasteiger partial charge < -0.3 is 19.4 Å². The van der Waals surface area contributed by atoms with Crippen LogP contribution in [0.1, 0.15) is 12.6 Å². The number of hydrogen-bond acceptors (Lipinski definition) is 4. The first-order valence-electron chi connectivity index (χ1n) is 8.86. The molecular formula is C20H20N4O3. The standard InChI is InChI=1S/C20H20N4O3/c1-14(25)24-13-18(27-17-7-3-2-6-16(17)24)20(26)21-10-9-15-12-23-11-5-4-8-19(23)22-15/h2-8,11-12,18H,9-10,13H2,1H3,(H,21,26)/t18-/m0/s1. The molecule has 1 aromatic carbocycles. The van der Waals surface area contributed by atoms with E-state index in [1.165, 1.54) is 6.92 Å². The molecule has 1 aliphatic heterocycles. The van der Waals surface area contributed by atoms with Gasteiger partial charge in [-0.1, -0.05) is 18.2 Å². The molecule has 0 saturated heterocycles. The van der Waals surface area contributed by atoms with E-state index in [0.29, 0.717) is 24.4 Å². The number of para-hydroxylation sites is 2. The molecule has 0 fully saturated rings. The topological polar surface area (TPSA) is 75.9 Å². The fraction of sp³-hybridized carbons (Fsp3) is 0.250. The molecule has 0 spiro atoms. The molecule has 0 unspecified atom stereocenters. The molecule has 4 rings (SSSR count). The van der Waals surface area contributed by atoms with Gasteiger partial charge in [0.25, 0.3) is 5.91 Å². The van der Waals surface area contributed by atoms with E-state index >= 15 is 0 Å². The number of hydrogen-bond donors (Lipinski definition) is 1. The first-order chi connectivity index (χ1) is 13.1. The maximum atomic E-state index is 12.5. The highest BCUT2D eigenvalue weighted by Crippen LogP contribution is 2.33. The highest BCUT2D eigenvalue weighted by Gasteiger charge is 2.32. The predicted molar refractivity (Wildman–Crippen MR) is 101 cm³/mol. The summed E-state index contributed by atoms with van der Waals surface area (Å²) < 4.78 is 7.75. The van der Waals surface area contributed by atoms with Crippen molar-refractivity contribution < 1.29 is 14.3 Å². The Bertz CT molecular complexity index is 965. The zero-order chi connectivity index (χ0) is 18.8. The number of carbonyl (C=O) groups is 2. The quantitative estimate of drug-likeness (QED) is 0.766. The largest absolute Gasteiger partial charge is 0.477 e. The second kappa shape index (κ2) is 7.11. The molecule has 1 atom stereocenters. The molecule has 0 bridgehead atoms. The first-order valence-corrected chi connectivity index (χ1v) is 8.86. The summed E-state index contributed by atoms with van der Waals surface area (Å²) in [6, 6.07) is 13.1. The number of nitrogens with zero attached hydrogens (tertiary/aromatic N) is 3. The lowest BCUT2D eigenvalue weighted by Gasteiger charge is -2.33. The van der Waals surface area contributed by atoms with Crippen LogP contribution in [0, 0.1) is 0 Å². The van der Waals surface area contributed by atoms with E-state index in [9.17, 15) is 9.59 Å². The van der Waals surface area contributed by atoms with Crippen LogP contribution < -0.4 is 15.0 Å². The second-order valence-corrected chi connectivity index (χ2v) is 6.44. The van der Waals surface area contributed by atoms with Crippen LogP contribution in [0.4, 0.5) is 5.69 Å². The number of benzene rings is 1. The Labute approximate surface area is 156 Å². The van der Waals surface area contributed by atoms with Crippen molar-refractivity contribution in [2.24, 2.45) is 0 Å². The molecule has 138 valence electrons. The van der Waals surface area contributed by atoms with Crippen LogP contribution in [0.25, 0.3) is 5.65 Å². The van der Waals surface area contributed by atoms with E-state index in [0.717, 1.165) is 11.3 Å². The molecule has 2 amide bonds. The third-order valence-electron chi connectivity index (χ3n) is 4.54. The van der Waals surface area contributed by atoms with Crippen molar-refractivity contribution in [2.45, 2.75) is 19.4 Å². The van der Waals surface area contributed by atoms with Gasteiger partial charge in [-0.05, 0) is 24.3 Å². The lowest BCUT2D eigenvalue weighted by Crippen LogP contribution is -2.50. The van der Waals surface area contributed by atoms with Gasteiger partial charge in [-0.15, -0.1) is 0 Å². The van der Waals surface area contributed by atoms with Gasteiger partial charge in [0, 0.05) is 32.3 Å². The van der Waals surface area contributed by atoms with Gasteiger partial charge in [0.05, 0.1) is 17.9 Å². The summed E-state index contributed by atoms with van der Waals surface area (Å²) in [6.45, 7) is 2.14. The molecule has 0 aliphatic carbocycles. The number of fused-ring (bicyclic) bond motifs is 2. The van der Waals surface area contributed by atoms with Gasteiger partial charge >= 0.3 is 0 Å². The molecule has 7 heteroatoms. The predicted octanol–water partition coefficient (Wildman–Crippen LogP) is 1.81. The number of nitrogens with one attached hydrogen (secondary N) is 1. The summed E-state index contributed by atoms with van der Waals surface area (Å²) in [5, 5.41) is 2.88. The van der Waals surface area contributed by atoms with E-state index in [4.69, 9.17) is 4.74 Å². The minimum atomic E-state index is -0.732. The summed E-state index contributed by atoms with van der Waals surface area (Å²) in [5.74, 6) is 0.187. The summed E-state index contributed by atoms with van der Waals surface area (Å²) in [4.78, 5) is 30.6. The summed E-state index contributed by atoms with van der Waals surface area (Å²) in [5.41, 5.74) is 2.48. The number of amides is 2. The molecule has 3 heterocycles. The number of aromatic nitrogens is 2. The van der Waals surface area contributed by atoms with Crippen molar-refractivity contribution in [3.8, 4) is 5.75 Å². The number of carbonyl (C=O) groups excluding carboxylic acids is 2. The van der Waals surface area contributed by atoms with Gasteiger partial charge in [-0.2, -0.15) is 0 Å². The Morgan fingerprint density at radius 1 is 1.22 bits per heavy atom. The smallest absolute Gasteiger partial charge is 0.262 e. The normalized spacial score (nSPS) is 15.9. The molecule has 2 aromatic heterocycles. The van der Waals surface area contributed by atoms with Crippen LogP contribution in [0.5, 0.6) is 5.75 Å². The van der Waals surface area contributed by atoms with Crippen molar-refractivity contribution >= 4 is 23.1 Å². The number of rotatable bonds is 4. The van der Waals surface area contributed by atoms with Crippen LogP contribution in [-0.2, 0) is 16.0 Å². The van der Waals surface area contributed by atoms with Gasteiger partial charge in [-0.25, -0.2) is 4.98 Å². The van der Waals surface area contributed by atoms with Crippen molar-refractivity contribution in [1.82, 2.24) is 14.7 Å². The average Bonchev–Trinajstić information content (AvgIpc) is 3.09. The Morgan fingerprint density at radius 3 is 2.85 bits per heavy atom. The van der Waals surface area contributed by atoms with Crippen LogP contribution in [0.2, 0.25) is 0 Å². The molecular weight excluding hydrogens is 344 g/mol. The number of anilines is 1. The molecule has 27 heavy (non-hydrogen) atoms. The molecule has 0 radical (unpaired) electrons. The molecule has 7 nitrogen and oxygen atoms in total. The highest BCUT2D eigenvalue weighted by atomic mass is 16.5. The lowest BCUT2D eigenvalue weighted by molar-refractivity contribution is -0.128. The zero-order valence-corrected chi connectivity index (χ0v) is 15.0. The molecule has 1 aliphatic rings. The van der Waals surface area contributed by atoms with Crippen molar-refractivity contribution in [3.63, 3.8) is 0 Å². The van der Waals surface area contributed by atoms with Gasteiger partial charge in [0.15, 0.2) is 6.10 Å². The number of imidazole rings is 1. The van der Waals surface area contributed by atoms with Crippen LogP contribution in [-0.4, -0.2) is 40.4 Å². The summed E-state index contributed by atoms with van der Waals surface area (Å²) in [6.07, 6.45) is 3.78. The Morgan fingerprint density at radius 2 is 2.04 bits per heavy atom. The SMILES string of the molecule is CC(=O)N1C[C@@H](C(=O)NCCc2cn3ccccc3n2)Oc2ccccc21. The van der Waals surface area contributed by atoms with E-state index in [-0.39, 0.29) is 18.4 Å². The fourth-order valence-electron chi connectivity index (χ4n) is 3.20. The molecule has 0 saturated carbocycles. The van der Waals surface area contributed by atoms with Gasteiger partial charge in [-0.3, -0.25) is 9.59 Å². The number of ether oxygens (including phenoxy) is 1. The summed E-state index contributed by atoms with van der Waals surface area (Å²) in [7, 11) is 0.